The van der Waals surface area contributed by atoms with E-state index in [4.69, 9.17) is 0 Å². The summed E-state index contributed by atoms with van der Waals surface area (Å²) in [6, 6.07) is 19.7. The van der Waals surface area contributed by atoms with Gasteiger partial charge in [-0.1, -0.05) is 42.5 Å². The number of benzene rings is 1. The van der Waals surface area contributed by atoms with E-state index in [0.29, 0.717) is 12.4 Å². The van der Waals surface area contributed by atoms with Gasteiger partial charge in [0.1, 0.15) is 0 Å². The van der Waals surface area contributed by atoms with Gasteiger partial charge < -0.3 is 5.32 Å². The average molecular weight is 333 g/mol. The zero-order valence-electron chi connectivity index (χ0n) is 12.8. The van der Waals surface area contributed by atoms with Crippen molar-refractivity contribution < 1.29 is 4.79 Å². The number of fused-ring (bicyclic) bond motifs is 1. The molecule has 118 valence electrons. The molecule has 1 N–H and O–H groups in total. The molecule has 3 aromatic heterocycles. The Labute approximate surface area is 143 Å². The number of hydrogen-bond acceptors (Lipinski definition) is 3. The Morgan fingerprint density at radius 2 is 1.88 bits per heavy atom. The van der Waals surface area contributed by atoms with Crippen LogP contribution in [-0.4, -0.2) is 15.3 Å². The number of pyridine rings is 1. The number of hydrogen-bond donors (Lipinski definition) is 1. The first kappa shape index (κ1) is 14.7. The number of rotatable bonds is 4. The van der Waals surface area contributed by atoms with E-state index < -0.39 is 0 Å². The SMILES string of the molecule is O=C(NCc1cccs1)c1nc(-c2ccccc2)c2ccccn12. The summed E-state index contributed by atoms with van der Waals surface area (Å²) in [7, 11) is 0. The Balaban J connectivity index is 1.72. The van der Waals surface area contributed by atoms with Crippen molar-refractivity contribution in [1.29, 1.82) is 0 Å². The molecule has 0 spiro atoms. The van der Waals surface area contributed by atoms with Crippen LogP contribution in [0.5, 0.6) is 0 Å². The van der Waals surface area contributed by atoms with Crippen LogP contribution in [0.15, 0.2) is 72.2 Å². The molecule has 0 bridgehead atoms. The van der Waals surface area contributed by atoms with Crippen LogP contribution in [-0.2, 0) is 6.54 Å². The summed E-state index contributed by atoms with van der Waals surface area (Å²) in [6.07, 6.45) is 1.87. The smallest absolute Gasteiger partial charge is 0.287 e. The van der Waals surface area contributed by atoms with E-state index in [0.717, 1.165) is 21.7 Å². The van der Waals surface area contributed by atoms with E-state index >= 15 is 0 Å². The number of nitrogens with zero attached hydrogens (tertiary/aromatic N) is 2. The maximum Gasteiger partial charge on any atom is 0.287 e. The van der Waals surface area contributed by atoms with Crippen LogP contribution in [0.25, 0.3) is 16.8 Å². The molecule has 5 heteroatoms. The van der Waals surface area contributed by atoms with Gasteiger partial charge in [0.15, 0.2) is 0 Å². The molecule has 0 saturated heterocycles. The Morgan fingerprint density at radius 1 is 1.04 bits per heavy atom. The number of carbonyl (C=O) groups is 1. The van der Waals surface area contributed by atoms with Crippen LogP contribution < -0.4 is 5.32 Å². The van der Waals surface area contributed by atoms with Gasteiger partial charge in [0, 0.05) is 16.6 Å². The first-order chi connectivity index (χ1) is 11.8. The number of amides is 1. The summed E-state index contributed by atoms with van der Waals surface area (Å²) in [6.45, 7) is 0.513. The molecule has 1 aromatic carbocycles. The Kier molecular flexibility index (Phi) is 3.84. The van der Waals surface area contributed by atoms with Gasteiger partial charge in [-0.3, -0.25) is 9.20 Å². The molecule has 3 heterocycles. The maximum absolute atomic E-state index is 12.6. The van der Waals surface area contributed by atoms with Crippen molar-refractivity contribution in [3.63, 3.8) is 0 Å². The van der Waals surface area contributed by atoms with E-state index in [1.54, 1.807) is 11.3 Å². The standard InChI is InChI=1S/C19H15N3OS/c23-19(20-13-15-9-6-12-24-15)18-21-17(14-7-2-1-3-8-14)16-10-4-5-11-22(16)18/h1-12H,13H2,(H,20,23). The molecule has 4 rings (SSSR count). The fourth-order valence-corrected chi connectivity index (χ4v) is 3.31. The minimum atomic E-state index is -0.174. The summed E-state index contributed by atoms with van der Waals surface area (Å²) in [5, 5.41) is 4.95. The van der Waals surface area contributed by atoms with Crippen LogP contribution in [0.2, 0.25) is 0 Å². The van der Waals surface area contributed by atoms with Crippen LogP contribution in [0, 0.1) is 0 Å². The molecular weight excluding hydrogens is 318 g/mol. The van der Waals surface area contributed by atoms with Gasteiger partial charge in [0.05, 0.1) is 17.8 Å². The Bertz CT molecular complexity index is 974. The Hall–Kier alpha value is -2.92. The molecule has 24 heavy (non-hydrogen) atoms. The quantitative estimate of drug-likeness (QED) is 0.614. The summed E-state index contributed by atoms with van der Waals surface area (Å²) in [5.41, 5.74) is 2.74. The van der Waals surface area contributed by atoms with Crippen LogP contribution in [0.4, 0.5) is 0 Å². The third kappa shape index (κ3) is 2.70. The molecule has 0 radical (unpaired) electrons. The fourth-order valence-electron chi connectivity index (χ4n) is 2.67. The largest absolute Gasteiger partial charge is 0.344 e. The van der Waals surface area contributed by atoms with Gasteiger partial charge in [-0.15, -0.1) is 11.3 Å². The number of imidazole rings is 1. The number of carbonyl (C=O) groups excluding carboxylic acids is 1. The van der Waals surface area contributed by atoms with Crippen molar-refractivity contribution in [2.45, 2.75) is 6.54 Å². The summed E-state index contributed by atoms with van der Waals surface area (Å²) in [5.74, 6) is 0.229. The number of thiophene rings is 1. The fraction of sp³-hybridized carbons (Fsp3) is 0.0526. The molecule has 0 aliphatic carbocycles. The van der Waals surface area contributed by atoms with Gasteiger partial charge in [-0.05, 0) is 23.6 Å². The first-order valence-electron chi connectivity index (χ1n) is 7.66. The predicted octanol–water partition coefficient (Wildman–Crippen LogP) is 3.99. The monoisotopic (exact) mass is 333 g/mol. The van der Waals surface area contributed by atoms with Gasteiger partial charge in [0.25, 0.3) is 5.91 Å². The molecule has 0 saturated carbocycles. The highest BCUT2D eigenvalue weighted by Gasteiger charge is 2.17. The van der Waals surface area contributed by atoms with Crippen LogP contribution in [0.3, 0.4) is 0 Å². The highest BCUT2D eigenvalue weighted by molar-refractivity contribution is 7.09. The lowest BCUT2D eigenvalue weighted by molar-refractivity contribution is 0.0940. The zero-order chi connectivity index (χ0) is 16.4. The van der Waals surface area contributed by atoms with Gasteiger partial charge in [0.2, 0.25) is 5.82 Å². The number of aromatic nitrogens is 2. The van der Waals surface area contributed by atoms with Crippen molar-refractivity contribution in [2.75, 3.05) is 0 Å². The molecule has 0 atom stereocenters. The average Bonchev–Trinajstić information content (AvgIpc) is 3.28. The van der Waals surface area contributed by atoms with Crippen LogP contribution >= 0.6 is 11.3 Å². The second-order valence-electron chi connectivity index (χ2n) is 5.37. The molecule has 4 nitrogen and oxygen atoms in total. The third-order valence-corrected chi connectivity index (χ3v) is 4.68. The molecule has 4 aromatic rings. The normalized spacial score (nSPS) is 10.8. The van der Waals surface area contributed by atoms with E-state index in [1.807, 2.05) is 76.6 Å². The maximum atomic E-state index is 12.6. The molecule has 1 amide bonds. The summed E-state index contributed by atoms with van der Waals surface area (Å²) in [4.78, 5) is 18.3. The summed E-state index contributed by atoms with van der Waals surface area (Å²) >= 11 is 1.62. The molecular formula is C19H15N3OS. The topological polar surface area (TPSA) is 46.4 Å². The molecule has 0 fully saturated rings. The lowest BCUT2D eigenvalue weighted by Gasteiger charge is -2.02. The minimum absolute atomic E-state index is 0.174. The van der Waals surface area contributed by atoms with Gasteiger partial charge in [-0.2, -0.15) is 0 Å². The lowest BCUT2D eigenvalue weighted by atomic mass is 10.1. The predicted molar refractivity (Wildman–Crippen MR) is 96.1 cm³/mol. The second kappa shape index (κ2) is 6.29. The molecule has 0 unspecified atom stereocenters. The van der Waals surface area contributed by atoms with Gasteiger partial charge >= 0.3 is 0 Å². The van der Waals surface area contributed by atoms with Crippen molar-refractivity contribution in [1.82, 2.24) is 14.7 Å². The zero-order valence-corrected chi connectivity index (χ0v) is 13.7. The first-order valence-corrected chi connectivity index (χ1v) is 8.54. The van der Waals surface area contributed by atoms with Crippen molar-refractivity contribution in [3.05, 3.63) is 82.9 Å². The second-order valence-corrected chi connectivity index (χ2v) is 6.40. The Morgan fingerprint density at radius 3 is 2.67 bits per heavy atom. The third-order valence-electron chi connectivity index (χ3n) is 3.80. The summed E-state index contributed by atoms with van der Waals surface area (Å²) < 4.78 is 1.84. The van der Waals surface area contributed by atoms with Gasteiger partial charge in [-0.25, -0.2) is 4.98 Å². The minimum Gasteiger partial charge on any atom is -0.344 e. The highest BCUT2D eigenvalue weighted by atomic mass is 32.1. The molecule has 0 aliphatic rings. The number of nitrogens with one attached hydrogen (secondary N) is 1. The van der Waals surface area contributed by atoms with E-state index in [-0.39, 0.29) is 5.91 Å². The van der Waals surface area contributed by atoms with E-state index in [1.165, 1.54) is 0 Å². The van der Waals surface area contributed by atoms with Crippen molar-refractivity contribution in [3.8, 4) is 11.3 Å². The van der Waals surface area contributed by atoms with E-state index in [9.17, 15) is 4.79 Å². The lowest BCUT2D eigenvalue weighted by Crippen LogP contribution is -2.24. The molecule has 0 aliphatic heterocycles. The van der Waals surface area contributed by atoms with Crippen LogP contribution in [0.1, 0.15) is 15.5 Å². The van der Waals surface area contributed by atoms with E-state index in [2.05, 4.69) is 10.3 Å². The van der Waals surface area contributed by atoms with Crippen molar-refractivity contribution in [2.24, 2.45) is 0 Å². The van der Waals surface area contributed by atoms with Crippen molar-refractivity contribution >= 4 is 22.8 Å². The highest BCUT2D eigenvalue weighted by Crippen LogP contribution is 2.24.